The fourth-order valence-electron chi connectivity index (χ4n) is 3.24. The largest absolute Gasteiger partial charge is 0.508 e. The minimum Gasteiger partial charge on any atom is -0.508 e. The van der Waals surface area contributed by atoms with Crippen molar-refractivity contribution < 1.29 is 18.3 Å². The standard InChI is InChI=1S/C24H26N2O4S/c1-3-24(28)25-21-13-15-22(16-14-21)31(29,30)26(17-20-11-7-8-12-23(20)27)18(2)19-9-5-4-6-10-19/h4-16,18,27H,3,17H2,1-2H3,(H,25,28). The van der Waals surface area contributed by atoms with E-state index >= 15 is 0 Å². The summed E-state index contributed by atoms with van der Waals surface area (Å²) in [6, 6.07) is 21.7. The average Bonchev–Trinajstić information content (AvgIpc) is 2.79. The molecule has 31 heavy (non-hydrogen) atoms. The third-order valence-corrected chi connectivity index (χ3v) is 7.03. The molecule has 3 aromatic carbocycles. The van der Waals surface area contributed by atoms with Crippen molar-refractivity contribution in [2.24, 2.45) is 0 Å². The Bertz CT molecular complexity index is 1130. The van der Waals surface area contributed by atoms with Crippen LogP contribution in [0.4, 0.5) is 5.69 Å². The van der Waals surface area contributed by atoms with Crippen LogP contribution in [0.3, 0.4) is 0 Å². The maximum atomic E-state index is 13.6. The Balaban J connectivity index is 1.99. The van der Waals surface area contributed by atoms with E-state index in [1.807, 2.05) is 37.3 Å². The molecule has 0 saturated heterocycles. The molecule has 3 rings (SSSR count). The van der Waals surface area contributed by atoms with Crippen LogP contribution in [0.2, 0.25) is 0 Å². The van der Waals surface area contributed by atoms with E-state index in [1.165, 1.54) is 16.4 Å². The van der Waals surface area contributed by atoms with Crippen LogP contribution in [-0.2, 0) is 21.4 Å². The Morgan fingerprint density at radius 1 is 0.968 bits per heavy atom. The Labute approximate surface area is 183 Å². The Morgan fingerprint density at radius 2 is 1.58 bits per heavy atom. The first-order valence-corrected chi connectivity index (χ1v) is 11.5. The zero-order valence-electron chi connectivity index (χ0n) is 17.5. The van der Waals surface area contributed by atoms with E-state index in [9.17, 15) is 18.3 Å². The molecule has 0 radical (unpaired) electrons. The van der Waals surface area contributed by atoms with Gasteiger partial charge in [0.05, 0.1) is 4.90 Å². The summed E-state index contributed by atoms with van der Waals surface area (Å²) in [6.07, 6.45) is 0.336. The highest BCUT2D eigenvalue weighted by Gasteiger charge is 2.30. The molecule has 0 aliphatic rings. The van der Waals surface area contributed by atoms with Gasteiger partial charge in [0.15, 0.2) is 0 Å². The minimum absolute atomic E-state index is 0.0133. The number of nitrogens with zero attached hydrogens (tertiary/aromatic N) is 1. The third kappa shape index (κ3) is 5.31. The molecule has 0 bridgehead atoms. The van der Waals surface area contributed by atoms with Crippen molar-refractivity contribution in [3.8, 4) is 5.75 Å². The zero-order valence-corrected chi connectivity index (χ0v) is 18.3. The topological polar surface area (TPSA) is 86.7 Å². The van der Waals surface area contributed by atoms with E-state index in [1.54, 1.807) is 43.3 Å². The summed E-state index contributed by atoms with van der Waals surface area (Å²) in [5, 5.41) is 12.9. The number of hydrogen-bond acceptors (Lipinski definition) is 4. The minimum atomic E-state index is -3.90. The van der Waals surface area contributed by atoms with Gasteiger partial charge in [0.25, 0.3) is 0 Å². The number of benzene rings is 3. The summed E-state index contributed by atoms with van der Waals surface area (Å²) in [5.74, 6) is -0.102. The zero-order chi connectivity index (χ0) is 22.4. The molecule has 3 aromatic rings. The van der Waals surface area contributed by atoms with Crippen LogP contribution in [-0.4, -0.2) is 23.7 Å². The summed E-state index contributed by atoms with van der Waals surface area (Å²) in [5.41, 5.74) is 1.89. The van der Waals surface area contributed by atoms with Gasteiger partial charge in [-0.1, -0.05) is 55.5 Å². The highest BCUT2D eigenvalue weighted by molar-refractivity contribution is 7.89. The second-order valence-electron chi connectivity index (χ2n) is 7.19. The number of anilines is 1. The van der Waals surface area contributed by atoms with Gasteiger partial charge in [-0.05, 0) is 42.8 Å². The number of phenolic OH excluding ortho intramolecular Hbond substituents is 1. The third-order valence-electron chi connectivity index (χ3n) is 5.10. The van der Waals surface area contributed by atoms with Crippen LogP contribution >= 0.6 is 0 Å². The van der Waals surface area contributed by atoms with Crippen LogP contribution in [0.25, 0.3) is 0 Å². The van der Waals surface area contributed by atoms with E-state index < -0.39 is 16.1 Å². The number of carbonyl (C=O) groups excluding carboxylic acids is 1. The van der Waals surface area contributed by atoms with E-state index in [2.05, 4.69) is 5.32 Å². The maximum Gasteiger partial charge on any atom is 0.243 e. The molecular weight excluding hydrogens is 412 g/mol. The van der Waals surface area contributed by atoms with Crippen molar-refractivity contribution in [3.05, 3.63) is 90.0 Å². The van der Waals surface area contributed by atoms with Gasteiger partial charge in [0.2, 0.25) is 15.9 Å². The molecule has 0 saturated carbocycles. The molecule has 6 nitrogen and oxygen atoms in total. The second-order valence-corrected chi connectivity index (χ2v) is 9.08. The van der Waals surface area contributed by atoms with Crippen molar-refractivity contribution >= 4 is 21.6 Å². The van der Waals surface area contributed by atoms with Crippen LogP contribution < -0.4 is 5.32 Å². The first kappa shape index (κ1) is 22.5. The highest BCUT2D eigenvalue weighted by Crippen LogP contribution is 2.31. The van der Waals surface area contributed by atoms with Crippen LogP contribution in [0.5, 0.6) is 5.75 Å². The molecule has 0 aromatic heterocycles. The normalized spacial score (nSPS) is 12.5. The lowest BCUT2D eigenvalue weighted by atomic mass is 10.1. The van der Waals surface area contributed by atoms with E-state index in [-0.39, 0.29) is 23.1 Å². The summed E-state index contributed by atoms with van der Waals surface area (Å²) in [4.78, 5) is 11.7. The fraction of sp³-hybridized carbons (Fsp3) is 0.208. The van der Waals surface area contributed by atoms with E-state index in [4.69, 9.17) is 0 Å². The lowest BCUT2D eigenvalue weighted by Crippen LogP contribution is -2.33. The smallest absolute Gasteiger partial charge is 0.243 e. The average molecular weight is 439 g/mol. The lowest BCUT2D eigenvalue weighted by Gasteiger charge is -2.29. The Morgan fingerprint density at radius 3 is 2.19 bits per heavy atom. The number of phenols is 1. The van der Waals surface area contributed by atoms with Gasteiger partial charge < -0.3 is 10.4 Å². The summed E-state index contributed by atoms with van der Waals surface area (Å²) >= 11 is 0. The van der Waals surface area contributed by atoms with Crippen molar-refractivity contribution in [2.45, 2.75) is 37.8 Å². The van der Waals surface area contributed by atoms with Gasteiger partial charge in [-0.15, -0.1) is 0 Å². The predicted molar refractivity (Wildman–Crippen MR) is 121 cm³/mol. The molecule has 0 spiro atoms. The SMILES string of the molecule is CCC(=O)Nc1ccc(S(=O)(=O)N(Cc2ccccc2O)C(C)c2ccccc2)cc1. The van der Waals surface area contributed by atoms with E-state index in [0.29, 0.717) is 17.7 Å². The van der Waals surface area contributed by atoms with Gasteiger partial charge in [0.1, 0.15) is 5.75 Å². The molecule has 2 N–H and O–H groups in total. The Hall–Kier alpha value is -3.16. The number of para-hydroxylation sites is 1. The van der Waals surface area contributed by atoms with Crippen molar-refractivity contribution in [1.29, 1.82) is 0 Å². The molecule has 0 heterocycles. The summed E-state index contributed by atoms with van der Waals surface area (Å²) in [6.45, 7) is 3.58. The molecule has 7 heteroatoms. The number of nitrogens with one attached hydrogen (secondary N) is 1. The number of hydrogen-bond donors (Lipinski definition) is 2. The van der Waals surface area contributed by atoms with Crippen molar-refractivity contribution in [1.82, 2.24) is 4.31 Å². The Kier molecular flexibility index (Phi) is 7.09. The van der Waals surface area contributed by atoms with Gasteiger partial charge in [-0.2, -0.15) is 4.31 Å². The van der Waals surface area contributed by atoms with Crippen LogP contribution in [0.15, 0.2) is 83.8 Å². The lowest BCUT2D eigenvalue weighted by molar-refractivity contribution is -0.115. The summed E-state index contributed by atoms with van der Waals surface area (Å²) < 4.78 is 28.6. The molecule has 1 amide bonds. The van der Waals surface area contributed by atoms with Crippen LogP contribution in [0, 0.1) is 0 Å². The predicted octanol–water partition coefficient (Wildman–Crippen LogP) is 4.69. The summed E-state index contributed by atoms with van der Waals surface area (Å²) in [7, 11) is -3.90. The van der Waals surface area contributed by atoms with Gasteiger partial charge >= 0.3 is 0 Å². The van der Waals surface area contributed by atoms with E-state index in [0.717, 1.165) is 5.56 Å². The highest BCUT2D eigenvalue weighted by atomic mass is 32.2. The quantitative estimate of drug-likeness (QED) is 0.534. The molecule has 162 valence electrons. The van der Waals surface area contributed by atoms with Crippen molar-refractivity contribution in [2.75, 3.05) is 5.32 Å². The molecule has 0 aliphatic carbocycles. The van der Waals surface area contributed by atoms with Crippen LogP contribution in [0.1, 0.15) is 37.4 Å². The first-order valence-electron chi connectivity index (χ1n) is 10.1. The molecule has 0 fully saturated rings. The van der Waals surface area contributed by atoms with Gasteiger partial charge in [0, 0.05) is 30.3 Å². The molecular formula is C24H26N2O4S. The van der Waals surface area contributed by atoms with Gasteiger partial charge in [-0.3, -0.25) is 4.79 Å². The number of sulfonamides is 1. The molecule has 1 atom stereocenters. The number of aromatic hydroxyl groups is 1. The fourth-order valence-corrected chi connectivity index (χ4v) is 4.83. The molecule has 1 unspecified atom stereocenters. The molecule has 0 aliphatic heterocycles. The monoisotopic (exact) mass is 438 g/mol. The second kappa shape index (κ2) is 9.76. The number of amides is 1. The maximum absolute atomic E-state index is 13.6. The first-order chi connectivity index (χ1) is 14.8. The number of carbonyl (C=O) groups is 1. The number of rotatable bonds is 8. The van der Waals surface area contributed by atoms with Gasteiger partial charge in [-0.25, -0.2) is 8.42 Å². The van der Waals surface area contributed by atoms with Crippen molar-refractivity contribution in [3.63, 3.8) is 0 Å².